The molecule has 10 heteroatoms. The molecule has 2 N–H and O–H groups in total. The van der Waals surface area contributed by atoms with Crippen molar-refractivity contribution in [2.45, 2.75) is 17.5 Å². The molecule has 3 amide bonds. The Kier molecular flexibility index (Phi) is 8.10. The summed E-state index contributed by atoms with van der Waals surface area (Å²) in [4.78, 5) is 34.6. The third-order valence-corrected chi connectivity index (χ3v) is 9.71. The van der Waals surface area contributed by atoms with Crippen LogP contribution in [-0.4, -0.2) is 60.2 Å². The zero-order valence-electron chi connectivity index (χ0n) is 23.9. The van der Waals surface area contributed by atoms with Crippen LogP contribution < -0.4 is 10.6 Å². The number of carbonyl (C=O) groups excluding carboxylic acids is 2. The first-order valence-corrected chi connectivity index (χ1v) is 15.7. The lowest BCUT2D eigenvalue weighted by Crippen LogP contribution is -2.62. The van der Waals surface area contributed by atoms with Crippen molar-refractivity contribution < 1.29 is 18.0 Å². The number of piperazine rings is 1. The number of aromatic nitrogens is 1. The number of pyridine rings is 1. The number of urea groups is 1. The lowest BCUT2D eigenvalue weighted by molar-refractivity contribution is -0.122. The molecule has 222 valence electrons. The van der Waals surface area contributed by atoms with Crippen LogP contribution in [0.25, 0.3) is 22.0 Å². The average molecular weight is 606 g/mol. The van der Waals surface area contributed by atoms with Crippen LogP contribution in [-0.2, 0) is 21.4 Å². The minimum Gasteiger partial charge on any atom is -0.368 e. The SMILES string of the molecule is NC(=O)C1CN(C(=O)N(Cc2ccccc2)c2ccccc2-c2ccccc2)CCN1S(=O)(=O)c1ccc2ncccc2c1. The van der Waals surface area contributed by atoms with Crippen molar-refractivity contribution in [1.82, 2.24) is 14.2 Å². The number of nitrogens with two attached hydrogens (primary N) is 1. The number of para-hydroxylation sites is 1. The molecule has 0 radical (unpaired) electrons. The number of rotatable bonds is 7. The van der Waals surface area contributed by atoms with E-state index < -0.39 is 22.0 Å². The monoisotopic (exact) mass is 605 g/mol. The first-order valence-electron chi connectivity index (χ1n) is 14.2. The molecule has 1 fully saturated rings. The van der Waals surface area contributed by atoms with Crippen LogP contribution in [0, 0.1) is 0 Å². The largest absolute Gasteiger partial charge is 0.368 e. The van der Waals surface area contributed by atoms with Gasteiger partial charge in [-0.2, -0.15) is 4.31 Å². The molecule has 0 saturated carbocycles. The van der Waals surface area contributed by atoms with Gasteiger partial charge in [-0.3, -0.25) is 14.7 Å². The number of primary amides is 1. The van der Waals surface area contributed by atoms with Gasteiger partial charge in [0.25, 0.3) is 0 Å². The van der Waals surface area contributed by atoms with Crippen molar-refractivity contribution in [3.8, 4) is 11.1 Å². The van der Waals surface area contributed by atoms with Crippen molar-refractivity contribution >= 4 is 38.6 Å². The summed E-state index contributed by atoms with van der Waals surface area (Å²) in [5.74, 6) is -0.826. The number of carbonyl (C=O) groups is 2. The Labute approximate surface area is 256 Å². The Balaban J connectivity index is 1.33. The predicted octanol–water partition coefficient (Wildman–Crippen LogP) is 4.89. The standard InChI is InChI=1S/C34H31N5O4S/c35-33(40)32-24-37(20-21-39(32)44(42,43)28-17-18-30-27(22-28)14-9-19-36-30)34(41)38(23-25-10-3-1-4-11-25)31-16-8-7-15-29(31)26-12-5-2-6-13-26/h1-19,22,32H,20-21,23-24H2,(H2,35,40). The van der Waals surface area contributed by atoms with Crippen LogP contribution >= 0.6 is 0 Å². The molecule has 1 aliphatic heterocycles. The number of amides is 3. The maximum Gasteiger partial charge on any atom is 0.324 e. The minimum absolute atomic E-state index is 0.0338. The third kappa shape index (κ3) is 5.77. The van der Waals surface area contributed by atoms with E-state index in [4.69, 9.17) is 5.73 Å². The highest BCUT2D eigenvalue weighted by molar-refractivity contribution is 7.89. The summed E-state index contributed by atoms with van der Waals surface area (Å²) in [5.41, 5.74) is 9.88. The number of nitrogens with zero attached hydrogens (tertiary/aromatic N) is 4. The molecule has 5 aromatic rings. The molecule has 0 aliphatic carbocycles. The number of hydrogen-bond acceptors (Lipinski definition) is 5. The molecule has 44 heavy (non-hydrogen) atoms. The van der Waals surface area contributed by atoms with E-state index in [1.165, 1.54) is 17.0 Å². The van der Waals surface area contributed by atoms with Gasteiger partial charge in [0.1, 0.15) is 6.04 Å². The molecule has 6 rings (SSSR count). The summed E-state index contributed by atoms with van der Waals surface area (Å²) in [7, 11) is -4.11. The van der Waals surface area contributed by atoms with Gasteiger partial charge in [0.2, 0.25) is 15.9 Å². The predicted molar refractivity (Wildman–Crippen MR) is 170 cm³/mol. The van der Waals surface area contributed by atoms with E-state index in [1.807, 2.05) is 84.9 Å². The first-order chi connectivity index (χ1) is 21.3. The summed E-state index contributed by atoms with van der Waals surface area (Å²) < 4.78 is 28.7. The summed E-state index contributed by atoms with van der Waals surface area (Å²) >= 11 is 0. The average Bonchev–Trinajstić information content (AvgIpc) is 3.07. The second-order valence-electron chi connectivity index (χ2n) is 10.6. The summed E-state index contributed by atoms with van der Waals surface area (Å²) in [6, 6.07) is 33.6. The Hall–Kier alpha value is -5.06. The topological polar surface area (TPSA) is 117 Å². The Morgan fingerprint density at radius 1 is 0.841 bits per heavy atom. The molecule has 1 aliphatic rings. The van der Waals surface area contributed by atoms with Crippen LogP contribution in [0.2, 0.25) is 0 Å². The van der Waals surface area contributed by atoms with Crippen LogP contribution in [0.1, 0.15) is 5.56 Å². The van der Waals surface area contributed by atoms with Crippen molar-refractivity contribution in [2.24, 2.45) is 5.73 Å². The van der Waals surface area contributed by atoms with E-state index >= 15 is 0 Å². The van der Waals surface area contributed by atoms with Crippen molar-refractivity contribution in [1.29, 1.82) is 0 Å². The quantitative estimate of drug-likeness (QED) is 0.284. The normalized spacial score (nSPS) is 15.6. The Morgan fingerprint density at radius 2 is 1.55 bits per heavy atom. The fraction of sp³-hybridized carbons (Fsp3) is 0.147. The van der Waals surface area contributed by atoms with Crippen molar-refractivity contribution in [3.63, 3.8) is 0 Å². The number of fused-ring (bicyclic) bond motifs is 1. The number of sulfonamides is 1. The molecular weight excluding hydrogens is 574 g/mol. The number of hydrogen-bond donors (Lipinski definition) is 1. The number of anilines is 1. The van der Waals surface area contributed by atoms with Gasteiger partial charge in [0.05, 0.1) is 22.6 Å². The van der Waals surface area contributed by atoms with Crippen molar-refractivity contribution in [2.75, 3.05) is 24.5 Å². The first kappa shape index (κ1) is 29.0. The highest BCUT2D eigenvalue weighted by Gasteiger charge is 2.41. The van der Waals surface area contributed by atoms with Crippen LogP contribution in [0.4, 0.5) is 10.5 Å². The molecule has 1 saturated heterocycles. The van der Waals surface area contributed by atoms with E-state index in [0.717, 1.165) is 21.0 Å². The second-order valence-corrected chi connectivity index (χ2v) is 12.5. The van der Waals surface area contributed by atoms with Gasteiger partial charge < -0.3 is 10.6 Å². The van der Waals surface area contributed by atoms with Gasteiger partial charge in [0.15, 0.2) is 0 Å². The smallest absolute Gasteiger partial charge is 0.324 e. The van der Waals surface area contributed by atoms with E-state index in [1.54, 1.807) is 29.3 Å². The van der Waals surface area contributed by atoms with Gasteiger partial charge >= 0.3 is 6.03 Å². The molecule has 1 aromatic heterocycles. The molecule has 4 aromatic carbocycles. The van der Waals surface area contributed by atoms with E-state index in [-0.39, 0.29) is 37.1 Å². The fourth-order valence-corrected chi connectivity index (χ4v) is 7.19. The summed E-state index contributed by atoms with van der Waals surface area (Å²) in [6.45, 7) is 0.0811. The van der Waals surface area contributed by atoms with Crippen LogP contribution in [0.5, 0.6) is 0 Å². The molecule has 9 nitrogen and oxygen atoms in total. The van der Waals surface area contributed by atoms with E-state index in [2.05, 4.69) is 4.98 Å². The fourth-order valence-electron chi connectivity index (χ4n) is 5.57. The molecule has 1 atom stereocenters. The van der Waals surface area contributed by atoms with E-state index in [0.29, 0.717) is 16.6 Å². The zero-order valence-corrected chi connectivity index (χ0v) is 24.7. The number of benzene rings is 4. The zero-order chi connectivity index (χ0) is 30.7. The van der Waals surface area contributed by atoms with Crippen LogP contribution in [0.3, 0.4) is 0 Å². The summed E-state index contributed by atoms with van der Waals surface area (Å²) in [5, 5.41) is 0.659. The van der Waals surface area contributed by atoms with Gasteiger partial charge in [0, 0.05) is 36.8 Å². The molecule has 2 heterocycles. The van der Waals surface area contributed by atoms with Gasteiger partial charge in [-0.25, -0.2) is 13.2 Å². The van der Waals surface area contributed by atoms with Crippen LogP contribution in [0.15, 0.2) is 126 Å². The maximum atomic E-state index is 14.4. The lowest BCUT2D eigenvalue weighted by atomic mass is 10.0. The molecular formula is C34H31N5O4S. The minimum atomic E-state index is -4.11. The van der Waals surface area contributed by atoms with E-state index in [9.17, 15) is 18.0 Å². The second kappa shape index (κ2) is 12.3. The Bertz CT molecular complexity index is 1920. The highest BCUT2D eigenvalue weighted by Crippen LogP contribution is 2.33. The van der Waals surface area contributed by atoms with Gasteiger partial charge in [-0.1, -0.05) is 84.9 Å². The molecule has 0 bridgehead atoms. The molecule has 1 unspecified atom stereocenters. The van der Waals surface area contributed by atoms with Gasteiger partial charge in [-0.15, -0.1) is 0 Å². The lowest BCUT2D eigenvalue weighted by Gasteiger charge is -2.41. The summed E-state index contributed by atoms with van der Waals surface area (Å²) in [6.07, 6.45) is 1.63. The van der Waals surface area contributed by atoms with Gasteiger partial charge in [-0.05, 0) is 41.5 Å². The third-order valence-electron chi connectivity index (χ3n) is 7.81. The highest BCUT2D eigenvalue weighted by atomic mass is 32.2. The van der Waals surface area contributed by atoms with Crippen molar-refractivity contribution in [3.05, 3.63) is 127 Å². The molecule has 0 spiro atoms. The maximum absolute atomic E-state index is 14.4. The Morgan fingerprint density at radius 3 is 2.30 bits per heavy atom.